The molecule has 1 unspecified atom stereocenters. The van der Waals surface area contributed by atoms with Gasteiger partial charge in [0.05, 0.1) is 0 Å². The second-order valence-corrected chi connectivity index (χ2v) is 5.88. The molecule has 0 amide bonds. The summed E-state index contributed by atoms with van der Waals surface area (Å²) < 4.78 is 39.9. The number of halogens is 3. The Labute approximate surface area is 117 Å². The van der Waals surface area contributed by atoms with Gasteiger partial charge in [0.1, 0.15) is 0 Å². The first-order valence-corrected chi connectivity index (χ1v) is 7.57. The van der Waals surface area contributed by atoms with Crippen molar-refractivity contribution in [2.45, 2.75) is 26.8 Å². The summed E-state index contributed by atoms with van der Waals surface area (Å²) >= 11 is 1.68. The first kappa shape index (κ1) is 16.4. The van der Waals surface area contributed by atoms with Crippen LogP contribution in [0.15, 0.2) is 12.1 Å². The Morgan fingerprint density at radius 3 is 2.37 bits per heavy atom. The summed E-state index contributed by atoms with van der Waals surface area (Å²) in [4.78, 5) is 0. The van der Waals surface area contributed by atoms with Gasteiger partial charge in [-0.05, 0) is 24.3 Å². The molecule has 0 saturated carbocycles. The summed E-state index contributed by atoms with van der Waals surface area (Å²) in [6.45, 7) is 6.75. The van der Waals surface area contributed by atoms with E-state index >= 15 is 0 Å². The van der Waals surface area contributed by atoms with E-state index < -0.39 is 17.5 Å². The normalized spacial score (nSPS) is 13.0. The average molecular weight is 291 g/mol. The fourth-order valence-electron chi connectivity index (χ4n) is 1.74. The molecule has 0 bridgehead atoms. The standard InChI is InChI=1S/C14H20F3NS/c1-4-18-12(8-19-7-9(2)3)10-5-6-11(15)14(17)13(10)16/h5-6,9,12,18H,4,7-8H2,1-3H3. The quantitative estimate of drug-likeness (QED) is 0.758. The summed E-state index contributed by atoms with van der Waals surface area (Å²) in [5.41, 5.74) is 0.192. The molecule has 0 heterocycles. The third-order valence-corrected chi connectivity index (χ3v) is 4.10. The Bertz CT molecular complexity index is 410. The highest BCUT2D eigenvalue weighted by Crippen LogP contribution is 2.25. The Hall–Kier alpha value is -0.680. The predicted octanol–water partition coefficient (Wildman–Crippen LogP) is 4.14. The predicted molar refractivity (Wildman–Crippen MR) is 74.9 cm³/mol. The zero-order valence-corrected chi connectivity index (χ0v) is 12.3. The zero-order chi connectivity index (χ0) is 14.4. The van der Waals surface area contributed by atoms with Gasteiger partial charge in [-0.1, -0.05) is 26.8 Å². The van der Waals surface area contributed by atoms with Crippen LogP contribution in [0.2, 0.25) is 0 Å². The van der Waals surface area contributed by atoms with Crippen LogP contribution in [0.4, 0.5) is 13.2 Å². The molecule has 0 spiro atoms. The highest BCUT2D eigenvalue weighted by Gasteiger charge is 2.20. The first-order valence-electron chi connectivity index (χ1n) is 6.41. The van der Waals surface area contributed by atoms with Gasteiger partial charge in [-0.3, -0.25) is 0 Å². The molecule has 108 valence electrons. The van der Waals surface area contributed by atoms with E-state index in [1.54, 1.807) is 11.8 Å². The van der Waals surface area contributed by atoms with E-state index in [1.165, 1.54) is 6.07 Å². The van der Waals surface area contributed by atoms with Gasteiger partial charge in [-0.2, -0.15) is 11.8 Å². The van der Waals surface area contributed by atoms with Crippen LogP contribution < -0.4 is 5.32 Å². The molecule has 0 aliphatic carbocycles. The Morgan fingerprint density at radius 2 is 1.79 bits per heavy atom. The van der Waals surface area contributed by atoms with Gasteiger partial charge in [0.25, 0.3) is 0 Å². The molecule has 1 aromatic rings. The molecule has 1 N–H and O–H groups in total. The van der Waals surface area contributed by atoms with Crippen molar-refractivity contribution in [3.8, 4) is 0 Å². The van der Waals surface area contributed by atoms with Gasteiger partial charge in [0.15, 0.2) is 17.5 Å². The molecule has 1 nitrogen and oxygen atoms in total. The first-order chi connectivity index (χ1) is 8.97. The lowest BCUT2D eigenvalue weighted by molar-refractivity contribution is 0.431. The van der Waals surface area contributed by atoms with Crippen molar-refractivity contribution in [2.24, 2.45) is 5.92 Å². The van der Waals surface area contributed by atoms with Crippen LogP contribution in [0.1, 0.15) is 32.4 Å². The maximum atomic E-state index is 13.8. The average Bonchev–Trinajstić information content (AvgIpc) is 2.35. The van der Waals surface area contributed by atoms with Crippen molar-refractivity contribution in [3.63, 3.8) is 0 Å². The van der Waals surface area contributed by atoms with Gasteiger partial charge < -0.3 is 5.32 Å². The van der Waals surface area contributed by atoms with Crippen LogP contribution in [0.5, 0.6) is 0 Å². The Balaban J connectivity index is 2.83. The molecule has 1 aromatic carbocycles. The summed E-state index contributed by atoms with van der Waals surface area (Å²) in [6.07, 6.45) is 0. The van der Waals surface area contributed by atoms with Crippen molar-refractivity contribution in [2.75, 3.05) is 18.1 Å². The lowest BCUT2D eigenvalue weighted by atomic mass is 10.1. The van der Waals surface area contributed by atoms with Crippen LogP contribution in [-0.2, 0) is 0 Å². The maximum Gasteiger partial charge on any atom is 0.194 e. The minimum atomic E-state index is -1.39. The highest BCUT2D eigenvalue weighted by molar-refractivity contribution is 7.99. The van der Waals surface area contributed by atoms with E-state index in [9.17, 15) is 13.2 Å². The molecule has 0 saturated heterocycles. The molecular formula is C14H20F3NS. The van der Waals surface area contributed by atoms with Crippen LogP contribution in [0, 0.1) is 23.4 Å². The molecule has 0 aromatic heterocycles. The smallest absolute Gasteiger partial charge is 0.194 e. The second kappa shape index (κ2) is 7.80. The van der Waals surface area contributed by atoms with E-state index in [-0.39, 0.29) is 11.6 Å². The molecule has 0 aliphatic heterocycles. The van der Waals surface area contributed by atoms with Gasteiger partial charge in [-0.25, -0.2) is 13.2 Å². The third-order valence-electron chi connectivity index (χ3n) is 2.63. The molecular weight excluding hydrogens is 271 g/mol. The van der Waals surface area contributed by atoms with Gasteiger partial charge >= 0.3 is 0 Å². The molecule has 19 heavy (non-hydrogen) atoms. The Kier molecular flexibility index (Phi) is 6.72. The van der Waals surface area contributed by atoms with Gasteiger partial charge in [0, 0.05) is 17.4 Å². The van der Waals surface area contributed by atoms with E-state index in [0.29, 0.717) is 18.2 Å². The fourth-order valence-corrected chi connectivity index (χ4v) is 2.88. The lowest BCUT2D eigenvalue weighted by Gasteiger charge is -2.19. The van der Waals surface area contributed by atoms with Gasteiger partial charge in [-0.15, -0.1) is 0 Å². The van der Waals surface area contributed by atoms with Crippen molar-refractivity contribution in [1.82, 2.24) is 5.32 Å². The number of benzene rings is 1. The van der Waals surface area contributed by atoms with Gasteiger partial charge in [0.2, 0.25) is 0 Å². The van der Waals surface area contributed by atoms with Crippen LogP contribution in [0.25, 0.3) is 0 Å². The molecule has 5 heteroatoms. The number of hydrogen-bond acceptors (Lipinski definition) is 2. The fraction of sp³-hybridized carbons (Fsp3) is 0.571. The van der Waals surface area contributed by atoms with E-state index in [2.05, 4.69) is 19.2 Å². The van der Waals surface area contributed by atoms with E-state index in [4.69, 9.17) is 0 Å². The number of rotatable bonds is 7. The van der Waals surface area contributed by atoms with Crippen molar-refractivity contribution < 1.29 is 13.2 Å². The number of thioether (sulfide) groups is 1. The minimum Gasteiger partial charge on any atom is -0.309 e. The van der Waals surface area contributed by atoms with E-state index in [1.807, 2.05) is 6.92 Å². The molecule has 0 radical (unpaired) electrons. The summed E-state index contributed by atoms with van der Waals surface area (Å²) in [5.74, 6) is -1.50. The SMILES string of the molecule is CCNC(CSCC(C)C)c1ccc(F)c(F)c1F. The molecule has 1 atom stereocenters. The lowest BCUT2D eigenvalue weighted by Crippen LogP contribution is -2.25. The zero-order valence-electron chi connectivity index (χ0n) is 11.5. The van der Waals surface area contributed by atoms with Crippen molar-refractivity contribution in [1.29, 1.82) is 0 Å². The van der Waals surface area contributed by atoms with Crippen LogP contribution in [0.3, 0.4) is 0 Å². The Morgan fingerprint density at radius 1 is 1.11 bits per heavy atom. The summed E-state index contributed by atoms with van der Waals surface area (Å²) in [5, 5.41) is 3.11. The molecule has 0 fully saturated rings. The summed E-state index contributed by atoms with van der Waals surface area (Å²) in [6, 6.07) is 1.99. The van der Waals surface area contributed by atoms with Crippen LogP contribution in [-0.4, -0.2) is 18.1 Å². The third kappa shape index (κ3) is 4.73. The highest BCUT2D eigenvalue weighted by atomic mass is 32.2. The number of hydrogen-bond donors (Lipinski definition) is 1. The minimum absolute atomic E-state index is 0.192. The van der Waals surface area contributed by atoms with Crippen molar-refractivity contribution in [3.05, 3.63) is 35.1 Å². The van der Waals surface area contributed by atoms with Crippen molar-refractivity contribution >= 4 is 11.8 Å². The number of nitrogens with one attached hydrogen (secondary N) is 1. The maximum absolute atomic E-state index is 13.8. The monoisotopic (exact) mass is 291 g/mol. The second-order valence-electron chi connectivity index (χ2n) is 4.81. The van der Waals surface area contributed by atoms with E-state index in [0.717, 1.165) is 11.8 Å². The largest absolute Gasteiger partial charge is 0.309 e. The topological polar surface area (TPSA) is 12.0 Å². The van der Waals surface area contributed by atoms with Crippen LogP contribution >= 0.6 is 11.8 Å². The summed E-state index contributed by atoms with van der Waals surface area (Å²) in [7, 11) is 0. The molecule has 1 rings (SSSR count). The molecule has 0 aliphatic rings.